The summed E-state index contributed by atoms with van der Waals surface area (Å²) in [5, 5.41) is 13.9. The van der Waals surface area contributed by atoms with Crippen molar-refractivity contribution in [2.24, 2.45) is 11.7 Å². The Bertz CT molecular complexity index is 516. The molecule has 1 atom stereocenters. The molecule has 1 fully saturated rings. The van der Waals surface area contributed by atoms with Crippen LogP contribution in [0, 0.1) is 5.92 Å². The molecule has 1 aliphatic rings. The molecule has 88 valence electrons. The standard InChI is InChI=1S/C13H16N4/c14-7-12(9-5-6-9)16-13-11-4-2-1-3-10(11)8-15-17-13/h1-4,8-9,12H,5-7,14H2,(H,16,17). The molecule has 0 aliphatic heterocycles. The van der Waals surface area contributed by atoms with Crippen molar-refractivity contribution in [2.75, 3.05) is 11.9 Å². The molecule has 1 unspecified atom stereocenters. The molecule has 3 N–H and O–H groups in total. The topological polar surface area (TPSA) is 63.8 Å². The molecule has 1 aliphatic carbocycles. The summed E-state index contributed by atoms with van der Waals surface area (Å²) >= 11 is 0. The zero-order chi connectivity index (χ0) is 11.7. The number of anilines is 1. The van der Waals surface area contributed by atoms with Crippen LogP contribution >= 0.6 is 0 Å². The Kier molecular flexibility index (Phi) is 2.65. The highest BCUT2D eigenvalue weighted by Gasteiger charge is 2.30. The van der Waals surface area contributed by atoms with Crippen molar-refractivity contribution in [1.29, 1.82) is 0 Å². The lowest BCUT2D eigenvalue weighted by Crippen LogP contribution is -2.31. The smallest absolute Gasteiger partial charge is 0.156 e. The predicted octanol–water partition coefficient (Wildman–Crippen LogP) is 1.78. The second-order valence-electron chi connectivity index (χ2n) is 4.60. The molecule has 4 heteroatoms. The molecule has 1 heterocycles. The van der Waals surface area contributed by atoms with E-state index in [0.717, 1.165) is 16.6 Å². The Balaban J connectivity index is 1.93. The summed E-state index contributed by atoms with van der Waals surface area (Å²) < 4.78 is 0. The third kappa shape index (κ3) is 2.08. The number of nitrogens with one attached hydrogen (secondary N) is 1. The van der Waals surface area contributed by atoms with Crippen LogP contribution in [0.15, 0.2) is 30.5 Å². The Morgan fingerprint density at radius 3 is 2.94 bits per heavy atom. The molecule has 3 rings (SSSR count). The number of rotatable bonds is 4. The van der Waals surface area contributed by atoms with E-state index in [-0.39, 0.29) is 0 Å². The molecule has 0 amide bonds. The molecule has 1 saturated carbocycles. The maximum atomic E-state index is 5.79. The predicted molar refractivity (Wildman–Crippen MR) is 68.7 cm³/mol. The number of fused-ring (bicyclic) bond motifs is 1. The highest BCUT2D eigenvalue weighted by Crippen LogP contribution is 2.34. The van der Waals surface area contributed by atoms with Gasteiger partial charge in [-0.25, -0.2) is 0 Å². The first-order chi connectivity index (χ1) is 8.38. The van der Waals surface area contributed by atoms with Gasteiger partial charge in [0.25, 0.3) is 0 Å². The van der Waals surface area contributed by atoms with Crippen LogP contribution in [0.2, 0.25) is 0 Å². The Morgan fingerprint density at radius 2 is 2.18 bits per heavy atom. The first kappa shape index (κ1) is 10.5. The van der Waals surface area contributed by atoms with E-state index in [1.54, 1.807) is 6.20 Å². The van der Waals surface area contributed by atoms with Crippen LogP contribution in [0.5, 0.6) is 0 Å². The van der Waals surface area contributed by atoms with E-state index in [0.29, 0.717) is 18.5 Å². The van der Waals surface area contributed by atoms with Crippen molar-refractivity contribution < 1.29 is 0 Å². The summed E-state index contributed by atoms with van der Waals surface area (Å²) in [4.78, 5) is 0. The average Bonchev–Trinajstić information content (AvgIpc) is 3.20. The molecular weight excluding hydrogens is 212 g/mol. The molecule has 1 aromatic heterocycles. The van der Waals surface area contributed by atoms with Crippen molar-refractivity contribution in [3.05, 3.63) is 30.5 Å². The monoisotopic (exact) mass is 228 g/mol. The second-order valence-corrected chi connectivity index (χ2v) is 4.60. The summed E-state index contributed by atoms with van der Waals surface area (Å²) in [6.45, 7) is 0.648. The average molecular weight is 228 g/mol. The molecule has 0 saturated heterocycles. The molecule has 17 heavy (non-hydrogen) atoms. The lowest BCUT2D eigenvalue weighted by atomic mass is 10.1. The molecule has 0 radical (unpaired) electrons. The van der Waals surface area contributed by atoms with Gasteiger partial charge in [0.15, 0.2) is 5.82 Å². The summed E-state index contributed by atoms with van der Waals surface area (Å²) in [6.07, 6.45) is 4.33. The zero-order valence-electron chi connectivity index (χ0n) is 9.63. The molecule has 0 spiro atoms. The fraction of sp³-hybridized carbons (Fsp3) is 0.385. The Labute approximate surface area is 100 Å². The number of nitrogens with zero attached hydrogens (tertiary/aromatic N) is 2. The number of hydrogen-bond acceptors (Lipinski definition) is 4. The lowest BCUT2D eigenvalue weighted by molar-refractivity contribution is 0.642. The molecular formula is C13H16N4. The van der Waals surface area contributed by atoms with Gasteiger partial charge in [-0.05, 0) is 18.8 Å². The van der Waals surface area contributed by atoms with E-state index in [1.807, 2.05) is 18.2 Å². The largest absolute Gasteiger partial charge is 0.364 e. The van der Waals surface area contributed by atoms with Gasteiger partial charge < -0.3 is 11.1 Å². The summed E-state index contributed by atoms with van der Waals surface area (Å²) in [5.41, 5.74) is 5.79. The third-order valence-electron chi connectivity index (χ3n) is 3.34. The van der Waals surface area contributed by atoms with Gasteiger partial charge in [-0.1, -0.05) is 24.3 Å². The maximum absolute atomic E-state index is 5.79. The second kappa shape index (κ2) is 4.30. The van der Waals surface area contributed by atoms with Crippen molar-refractivity contribution in [3.8, 4) is 0 Å². The SMILES string of the molecule is NCC(Nc1nncc2ccccc12)C1CC1. The first-order valence-corrected chi connectivity index (χ1v) is 6.05. The van der Waals surface area contributed by atoms with Crippen molar-refractivity contribution in [2.45, 2.75) is 18.9 Å². The van der Waals surface area contributed by atoms with Crippen LogP contribution in [0.25, 0.3) is 10.8 Å². The van der Waals surface area contributed by atoms with Gasteiger partial charge >= 0.3 is 0 Å². The summed E-state index contributed by atoms with van der Waals surface area (Å²) in [5.74, 6) is 1.56. The fourth-order valence-electron chi connectivity index (χ4n) is 2.18. The van der Waals surface area contributed by atoms with E-state index in [4.69, 9.17) is 5.73 Å². The van der Waals surface area contributed by atoms with Crippen LogP contribution in [0.3, 0.4) is 0 Å². The third-order valence-corrected chi connectivity index (χ3v) is 3.34. The number of hydrogen-bond donors (Lipinski definition) is 2. The minimum absolute atomic E-state index is 0.329. The van der Waals surface area contributed by atoms with Gasteiger partial charge in [-0.2, -0.15) is 5.10 Å². The van der Waals surface area contributed by atoms with Crippen molar-refractivity contribution in [3.63, 3.8) is 0 Å². The summed E-state index contributed by atoms with van der Waals surface area (Å²) in [7, 11) is 0. The van der Waals surface area contributed by atoms with E-state index in [9.17, 15) is 0 Å². The zero-order valence-corrected chi connectivity index (χ0v) is 9.63. The highest BCUT2D eigenvalue weighted by atomic mass is 15.2. The van der Waals surface area contributed by atoms with Crippen LogP contribution < -0.4 is 11.1 Å². The quantitative estimate of drug-likeness (QED) is 0.837. The fourth-order valence-corrected chi connectivity index (χ4v) is 2.18. The molecule has 4 nitrogen and oxygen atoms in total. The van der Waals surface area contributed by atoms with Crippen LogP contribution in [0.1, 0.15) is 12.8 Å². The Morgan fingerprint density at radius 1 is 1.35 bits per heavy atom. The molecule has 0 bridgehead atoms. The van der Waals surface area contributed by atoms with E-state index in [2.05, 4.69) is 21.6 Å². The van der Waals surface area contributed by atoms with Crippen LogP contribution in [-0.4, -0.2) is 22.8 Å². The minimum Gasteiger partial charge on any atom is -0.364 e. The van der Waals surface area contributed by atoms with Gasteiger partial charge in [0.05, 0.1) is 6.20 Å². The van der Waals surface area contributed by atoms with Crippen LogP contribution in [0.4, 0.5) is 5.82 Å². The van der Waals surface area contributed by atoms with E-state index < -0.39 is 0 Å². The minimum atomic E-state index is 0.329. The maximum Gasteiger partial charge on any atom is 0.156 e. The van der Waals surface area contributed by atoms with Crippen molar-refractivity contribution >= 4 is 16.6 Å². The highest BCUT2D eigenvalue weighted by molar-refractivity contribution is 5.90. The van der Waals surface area contributed by atoms with Crippen LogP contribution in [-0.2, 0) is 0 Å². The van der Waals surface area contributed by atoms with Gasteiger partial charge in [-0.15, -0.1) is 5.10 Å². The van der Waals surface area contributed by atoms with Gasteiger partial charge in [0, 0.05) is 23.4 Å². The first-order valence-electron chi connectivity index (χ1n) is 6.05. The van der Waals surface area contributed by atoms with Gasteiger partial charge in [0.2, 0.25) is 0 Å². The number of aromatic nitrogens is 2. The van der Waals surface area contributed by atoms with E-state index >= 15 is 0 Å². The van der Waals surface area contributed by atoms with Crippen molar-refractivity contribution in [1.82, 2.24) is 10.2 Å². The number of nitrogens with two attached hydrogens (primary N) is 1. The van der Waals surface area contributed by atoms with Gasteiger partial charge in [0.1, 0.15) is 0 Å². The van der Waals surface area contributed by atoms with E-state index in [1.165, 1.54) is 12.8 Å². The normalized spacial score (nSPS) is 17.0. The lowest BCUT2D eigenvalue weighted by Gasteiger charge is -2.17. The molecule has 1 aromatic carbocycles. The summed E-state index contributed by atoms with van der Waals surface area (Å²) in [6, 6.07) is 8.46. The Hall–Kier alpha value is -1.68. The molecule has 2 aromatic rings. The number of benzene rings is 1. The van der Waals surface area contributed by atoms with Gasteiger partial charge in [-0.3, -0.25) is 0 Å².